The van der Waals surface area contributed by atoms with Crippen molar-refractivity contribution in [2.24, 2.45) is 0 Å². The van der Waals surface area contributed by atoms with Crippen LogP contribution in [0.4, 0.5) is 0 Å². The predicted molar refractivity (Wildman–Crippen MR) is 55.3 cm³/mol. The molecule has 0 aromatic carbocycles. The number of carbonyl (C=O) groups is 1. The van der Waals surface area contributed by atoms with E-state index < -0.39 is 11.6 Å². The van der Waals surface area contributed by atoms with Crippen LogP contribution in [0.5, 0.6) is 0 Å². The van der Waals surface area contributed by atoms with Crippen molar-refractivity contribution >= 4 is 5.97 Å². The van der Waals surface area contributed by atoms with E-state index in [1.165, 1.54) is 6.20 Å². The van der Waals surface area contributed by atoms with Crippen molar-refractivity contribution < 1.29 is 14.6 Å². The van der Waals surface area contributed by atoms with Crippen molar-refractivity contribution in [1.29, 1.82) is 0 Å². The summed E-state index contributed by atoms with van der Waals surface area (Å²) in [6.07, 6.45) is 1.40. The molecule has 0 saturated carbocycles. The smallest absolute Gasteiger partial charge is 0.340 e. The third-order valence-corrected chi connectivity index (χ3v) is 1.62. The van der Waals surface area contributed by atoms with E-state index in [1.54, 1.807) is 32.9 Å². The summed E-state index contributed by atoms with van der Waals surface area (Å²) < 4.78 is 5.16. The van der Waals surface area contributed by atoms with Gasteiger partial charge in [-0.25, -0.2) is 4.79 Å². The van der Waals surface area contributed by atoms with Crippen LogP contribution < -0.4 is 0 Å². The third kappa shape index (κ3) is 3.67. The largest absolute Gasteiger partial charge is 0.456 e. The van der Waals surface area contributed by atoms with E-state index in [0.29, 0.717) is 11.3 Å². The van der Waals surface area contributed by atoms with Gasteiger partial charge in [-0.15, -0.1) is 0 Å². The zero-order chi connectivity index (χ0) is 11.5. The predicted octanol–water partition coefficient (Wildman–Crippen LogP) is 1.53. The molecule has 4 heteroatoms. The summed E-state index contributed by atoms with van der Waals surface area (Å²) in [7, 11) is 0. The number of aliphatic hydroxyl groups is 1. The molecular weight excluding hydrogens is 194 g/mol. The van der Waals surface area contributed by atoms with Crippen LogP contribution in [0.3, 0.4) is 0 Å². The highest BCUT2D eigenvalue weighted by atomic mass is 16.6. The Kier molecular flexibility index (Phi) is 3.42. The van der Waals surface area contributed by atoms with E-state index in [-0.39, 0.29) is 6.61 Å². The van der Waals surface area contributed by atoms with Crippen molar-refractivity contribution in [3.8, 4) is 0 Å². The summed E-state index contributed by atoms with van der Waals surface area (Å²) in [5.41, 5.74) is 0.414. The molecular formula is C11H15NO3. The molecule has 0 radical (unpaired) electrons. The van der Waals surface area contributed by atoms with E-state index in [0.717, 1.165) is 0 Å². The number of esters is 1. The molecule has 4 nitrogen and oxygen atoms in total. The number of hydrogen-bond acceptors (Lipinski definition) is 4. The highest BCUT2D eigenvalue weighted by Crippen LogP contribution is 2.11. The Morgan fingerprint density at radius 1 is 1.47 bits per heavy atom. The Bertz CT molecular complexity index is 338. The minimum atomic E-state index is -0.507. The van der Waals surface area contributed by atoms with Gasteiger partial charge in [-0.05, 0) is 32.9 Å². The van der Waals surface area contributed by atoms with Gasteiger partial charge in [-0.1, -0.05) is 0 Å². The van der Waals surface area contributed by atoms with Gasteiger partial charge in [-0.3, -0.25) is 4.98 Å². The molecule has 0 saturated heterocycles. The van der Waals surface area contributed by atoms with Crippen LogP contribution >= 0.6 is 0 Å². The summed E-state index contributed by atoms with van der Waals surface area (Å²) in [5, 5.41) is 8.77. The topological polar surface area (TPSA) is 59.4 Å². The van der Waals surface area contributed by atoms with Crippen molar-refractivity contribution in [3.05, 3.63) is 29.6 Å². The summed E-state index contributed by atoms with van der Waals surface area (Å²) in [6.45, 7) is 5.29. The highest BCUT2D eigenvalue weighted by Gasteiger charge is 2.17. The first kappa shape index (κ1) is 11.7. The maximum Gasteiger partial charge on any atom is 0.340 e. The van der Waals surface area contributed by atoms with Crippen LogP contribution in [0.1, 0.15) is 36.8 Å². The number of hydrogen-bond donors (Lipinski definition) is 1. The minimum Gasteiger partial charge on any atom is -0.456 e. The summed E-state index contributed by atoms with van der Waals surface area (Å²) >= 11 is 0. The van der Waals surface area contributed by atoms with E-state index in [2.05, 4.69) is 4.98 Å². The Balaban J connectivity index is 2.75. The lowest BCUT2D eigenvalue weighted by molar-refractivity contribution is 0.00690. The normalized spacial score (nSPS) is 11.2. The molecule has 15 heavy (non-hydrogen) atoms. The molecule has 1 rings (SSSR count). The number of ether oxygens (including phenoxy) is 1. The molecule has 1 aromatic heterocycles. The molecule has 0 atom stereocenters. The number of nitrogens with zero attached hydrogens (tertiary/aromatic N) is 1. The van der Waals surface area contributed by atoms with Crippen LogP contribution in [0.15, 0.2) is 18.3 Å². The van der Waals surface area contributed by atoms with Crippen molar-refractivity contribution in [1.82, 2.24) is 4.98 Å². The monoisotopic (exact) mass is 209 g/mol. The van der Waals surface area contributed by atoms with E-state index in [9.17, 15) is 4.79 Å². The minimum absolute atomic E-state index is 0.130. The van der Waals surface area contributed by atoms with Crippen LogP contribution in [-0.2, 0) is 11.3 Å². The van der Waals surface area contributed by atoms with Crippen LogP contribution in [0.2, 0.25) is 0 Å². The molecule has 0 aliphatic carbocycles. The summed E-state index contributed by atoms with van der Waals surface area (Å²) in [6, 6.07) is 3.19. The Labute approximate surface area is 88.9 Å². The fourth-order valence-electron chi connectivity index (χ4n) is 0.976. The van der Waals surface area contributed by atoms with Gasteiger partial charge in [0.15, 0.2) is 0 Å². The fourth-order valence-corrected chi connectivity index (χ4v) is 0.976. The lowest BCUT2D eigenvalue weighted by Crippen LogP contribution is -2.24. The van der Waals surface area contributed by atoms with Gasteiger partial charge in [0.2, 0.25) is 0 Å². The number of rotatable bonds is 2. The molecule has 0 fully saturated rings. The lowest BCUT2D eigenvalue weighted by atomic mass is 10.2. The molecule has 0 aliphatic heterocycles. The second-order valence-corrected chi connectivity index (χ2v) is 4.20. The zero-order valence-corrected chi connectivity index (χ0v) is 9.15. The standard InChI is InChI=1S/C11H15NO3/c1-11(2,3)15-10(14)8-4-5-9(7-13)12-6-8/h4-6,13H,7H2,1-3H3. The molecule has 0 spiro atoms. The number of pyridine rings is 1. The van der Waals surface area contributed by atoms with E-state index in [1.807, 2.05) is 0 Å². The highest BCUT2D eigenvalue weighted by molar-refractivity contribution is 5.89. The maximum atomic E-state index is 11.5. The Morgan fingerprint density at radius 2 is 2.13 bits per heavy atom. The molecule has 1 N–H and O–H groups in total. The lowest BCUT2D eigenvalue weighted by Gasteiger charge is -2.19. The van der Waals surface area contributed by atoms with Crippen LogP contribution in [-0.4, -0.2) is 21.7 Å². The Hall–Kier alpha value is -1.42. The molecule has 0 aliphatic rings. The second-order valence-electron chi connectivity index (χ2n) is 4.20. The molecule has 0 bridgehead atoms. The molecule has 1 aromatic rings. The average molecular weight is 209 g/mol. The zero-order valence-electron chi connectivity index (χ0n) is 9.15. The van der Waals surface area contributed by atoms with Crippen molar-refractivity contribution in [2.75, 3.05) is 0 Å². The van der Waals surface area contributed by atoms with Crippen LogP contribution in [0, 0.1) is 0 Å². The van der Waals surface area contributed by atoms with Gasteiger partial charge in [0.25, 0.3) is 0 Å². The number of aliphatic hydroxyl groups excluding tert-OH is 1. The van der Waals surface area contributed by atoms with Crippen LogP contribution in [0.25, 0.3) is 0 Å². The average Bonchev–Trinajstić information content (AvgIpc) is 2.15. The quantitative estimate of drug-likeness (QED) is 0.750. The third-order valence-electron chi connectivity index (χ3n) is 1.62. The first-order chi connectivity index (χ1) is 6.92. The van der Waals surface area contributed by atoms with E-state index >= 15 is 0 Å². The van der Waals surface area contributed by atoms with Gasteiger partial charge in [-0.2, -0.15) is 0 Å². The van der Waals surface area contributed by atoms with Gasteiger partial charge < -0.3 is 9.84 Å². The van der Waals surface area contributed by atoms with Gasteiger partial charge >= 0.3 is 5.97 Å². The first-order valence-corrected chi connectivity index (χ1v) is 4.71. The van der Waals surface area contributed by atoms with Crippen molar-refractivity contribution in [2.45, 2.75) is 33.0 Å². The number of carbonyl (C=O) groups excluding carboxylic acids is 1. The first-order valence-electron chi connectivity index (χ1n) is 4.71. The number of aromatic nitrogens is 1. The maximum absolute atomic E-state index is 11.5. The molecule has 0 amide bonds. The fraction of sp³-hybridized carbons (Fsp3) is 0.455. The molecule has 0 unspecified atom stereocenters. The van der Waals surface area contributed by atoms with Gasteiger partial charge in [0.05, 0.1) is 17.9 Å². The van der Waals surface area contributed by atoms with E-state index in [4.69, 9.17) is 9.84 Å². The van der Waals surface area contributed by atoms with Crippen molar-refractivity contribution in [3.63, 3.8) is 0 Å². The SMILES string of the molecule is CC(C)(C)OC(=O)c1ccc(CO)nc1. The molecule has 82 valence electrons. The molecule has 1 heterocycles. The second kappa shape index (κ2) is 4.40. The van der Waals surface area contributed by atoms with Gasteiger partial charge in [0.1, 0.15) is 5.60 Å². The summed E-state index contributed by atoms with van der Waals surface area (Å²) in [4.78, 5) is 15.4. The van der Waals surface area contributed by atoms with Gasteiger partial charge in [0, 0.05) is 6.20 Å². The Morgan fingerprint density at radius 3 is 2.53 bits per heavy atom. The summed E-state index contributed by atoms with van der Waals surface area (Å²) in [5.74, 6) is -0.403.